The van der Waals surface area contributed by atoms with Gasteiger partial charge in [0.1, 0.15) is 12.1 Å². The van der Waals surface area contributed by atoms with Gasteiger partial charge in [0.25, 0.3) is 0 Å². The number of imidazole rings is 1. The van der Waals surface area contributed by atoms with Crippen molar-refractivity contribution in [1.29, 1.82) is 0 Å². The zero-order chi connectivity index (χ0) is 23.6. The predicted molar refractivity (Wildman–Crippen MR) is 133 cm³/mol. The zero-order valence-corrected chi connectivity index (χ0v) is 20.2. The highest BCUT2D eigenvalue weighted by molar-refractivity contribution is 6.31. The van der Waals surface area contributed by atoms with Crippen molar-refractivity contribution in [3.63, 3.8) is 0 Å². The van der Waals surface area contributed by atoms with Crippen molar-refractivity contribution in [2.75, 3.05) is 31.1 Å². The van der Waals surface area contributed by atoms with E-state index in [0.29, 0.717) is 28.1 Å². The Kier molecular flexibility index (Phi) is 4.90. The van der Waals surface area contributed by atoms with Gasteiger partial charge in [0, 0.05) is 59.6 Å². The Morgan fingerprint density at radius 1 is 1.06 bits per heavy atom. The van der Waals surface area contributed by atoms with Crippen molar-refractivity contribution >= 4 is 28.6 Å². The molecule has 0 aliphatic carbocycles. The van der Waals surface area contributed by atoms with E-state index in [1.54, 1.807) is 6.33 Å². The summed E-state index contributed by atoms with van der Waals surface area (Å²) in [5.41, 5.74) is 7.25. The molecular weight excluding hydrogens is 451 g/mol. The van der Waals surface area contributed by atoms with Gasteiger partial charge >= 0.3 is 0 Å². The molecule has 4 heterocycles. The van der Waals surface area contributed by atoms with Crippen LogP contribution in [0.2, 0.25) is 5.02 Å². The van der Waals surface area contributed by atoms with Crippen LogP contribution in [-0.4, -0.2) is 45.7 Å². The molecular formula is C26H26ClFN6. The third kappa shape index (κ3) is 3.37. The molecule has 0 bridgehead atoms. The van der Waals surface area contributed by atoms with Gasteiger partial charge in [-0.2, -0.15) is 0 Å². The van der Waals surface area contributed by atoms with Crippen LogP contribution in [0.3, 0.4) is 0 Å². The lowest BCUT2D eigenvalue weighted by molar-refractivity contribution is 0.119. The molecule has 2 aliphatic rings. The Morgan fingerprint density at radius 2 is 1.79 bits per heavy atom. The van der Waals surface area contributed by atoms with E-state index < -0.39 is 0 Å². The summed E-state index contributed by atoms with van der Waals surface area (Å²) >= 11 is 6.63. The van der Waals surface area contributed by atoms with E-state index >= 15 is 0 Å². The molecule has 0 radical (unpaired) electrons. The summed E-state index contributed by atoms with van der Waals surface area (Å²) in [4.78, 5) is 16.1. The fraction of sp³-hybridized carbons (Fsp3) is 0.346. The van der Waals surface area contributed by atoms with Gasteiger partial charge in [-0.05, 0) is 49.6 Å². The number of aromatic nitrogens is 4. The monoisotopic (exact) mass is 476 g/mol. The lowest BCUT2D eigenvalue weighted by Gasteiger charge is -2.56. The Balaban J connectivity index is 1.53. The smallest absolute Gasteiger partial charge is 0.206 e. The van der Waals surface area contributed by atoms with E-state index in [9.17, 15) is 4.39 Å². The van der Waals surface area contributed by atoms with Crippen LogP contribution in [0.25, 0.3) is 22.2 Å². The standard InChI is InChI=1S/C26H26ClFN6/c1-15-4-18(5-16(2)23(15)28)9-34-22-7-19(27)6-20(21-8-29-14-31-17(21)3)24(22)32-25(34)33-12-26(13-33)10-30-11-26/h4-8,14,30H,9-13H2,1-3H3. The number of halogens is 2. The Bertz CT molecular complexity index is 1410. The first kappa shape index (κ1) is 21.5. The van der Waals surface area contributed by atoms with E-state index in [1.807, 2.05) is 51.2 Å². The Hall–Kier alpha value is -3.03. The molecule has 1 spiro atoms. The van der Waals surface area contributed by atoms with Crippen LogP contribution in [0.1, 0.15) is 22.4 Å². The number of nitrogens with one attached hydrogen (secondary N) is 1. The maximum Gasteiger partial charge on any atom is 0.206 e. The molecule has 174 valence electrons. The second kappa shape index (κ2) is 7.75. The largest absolute Gasteiger partial charge is 0.341 e. The van der Waals surface area contributed by atoms with Crippen LogP contribution in [-0.2, 0) is 6.54 Å². The van der Waals surface area contributed by atoms with Gasteiger partial charge in [0.2, 0.25) is 5.95 Å². The molecule has 2 aliphatic heterocycles. The van der Waals surface area contributed by atoms with Crippen LogP contribution in [0.5, 0.6) is 0 Å². The fourth-order valence-electron chi connectivity index (χ4n) is 5.35. The summed E-state index contributed by atoms with van der Waals surface area (Å²) in [7, 11) is 0. The van der Waals surface area contributed by atoms with Gasteiger partial charge in [-0.25, -0.2) is 19.3 Å². The van der Waals surface area contributed by atoms with Gasteiger partial charge in [-0.15, -0.1) is 0 Å². The molecule has 2 fully saturated rings. The number of anilines is 1. The van der Waals surface area contributed by atoms with Crippen LogP contribution in [0.15, 0.2) is 36.8 Å². The first-order valence-electron chi connectivity index (χ1n) is 11.5. The van der Waals surface area contributed by atoms with Crippen molar-refractivity contribution in [1.82, 2.24) is 24.8 Å². The van der Waals surface area contributed by atoms with Gasteiger partial charge in [-0.1, -0.05) is 23.7 Å². The quantitative estimate of drug-likeness (QED) is 0.464. The Labute approximate surface area is 202 Å². The minimum Gasteiger partial charge on any atom is -0.341 e. The summed E-state index contributed by atoms with van der Waals surface area (Å²) in [5, 5.41) is 4.03. The molecule has 0 unspecified atom stereocenters. The maximum atomic E-state index is 14.3. The topological polar surface area (TPSA) is 58.9 Å². The molecule has 0 amide bonds. The minimum absolute atomic E-state index is 0.147. The molecule has 0 atom stereocenters. The van der Waals surface area contributed by atoms with E-state index in [2.05, 4.69) is 24.8 Å². The van der Waals surface area contributed by atoms with E-state index in [1.165, 1.54) is 0 Å². The number of benzene rings is 2. The second-order valence-electron chi connectivity index (χ2n) is 9.84. The fourth-order valence-corrected chi connectivity index (χ4v) is 5.56. The SMILES string of the molecule is Cc1cc(Cn2c(N3CC4(CNC4)C3)nc3c(-c4cncnc4C)cc(Cl)cc32)cc(C)c1F. The predicted octanol–water partition coefficient (Wildman–Crippen LogP) is 4.67. The van der Waals surface area contributed by atoms with Crippen molar-refractivity contribution in [3.8, 4) is 11.1 Å². The molecule has 34 heavy (non-hydrogen) atoms. The zero-order valence-electron chi connectivity index (χ0n) is 19.5. The highest BCUT2D eigenvalue weighted by Crippen LogP contribution is 2.41. The molecule has 2 aromatic heterocycles. The number of hydrogen-bond acceptors (Lipinski definition) is 5. The third-order valence-electron chi connectivity index (χ3n) is 7.17. The normalized spacial score (nSPS) is 16.7. The molecule has 2 aromatic carbocycles. The Morgan fingerprint density at radius 3 is 2.44 bits per heavy atom. The van der Waals surface area contributed by atoms with Crippen molar-refractivity contribution in [3.05, 3.63) is 70.0 Å². The molecule has 0 saturated carbocycles. The number of nitrogens with zero attached hydrogens (tertiary/aromatic N) is 5. The van der Waals surface area contributed by atoms with Crippen molar-refractivity contribution in [2.45, 2.75) is 27.3 Å². The third-order valence-corrected chi connectivity index (χ3v) is 7.39. The molecule has 2 saturated heterocycles. The molecule has 1 N–H and O–H groups in total. The first-order valence-corrected chi connectivity index (χ1v) is 11.9. The van der Waals surface area contributed by atoms with Crippen LogP contribution >= 0.6 is 11.6 Å². The van der Waals surface area contributed by atoms with Crippen molar-refractivity contribution in [2.24, 2.45) is 5.41 Å². The highest BCUT2D eigenvalue weighted by atomic mass is 35.5. The lowest BCUT2D eigenvalue weighted by Crippen LogP contribution is -2.71. The minimum atomic E-state index is -0.147. The van der Waals surface area contributed by atoms with Gasteiger partial charge in [0.05, 0.1) is 17.6 Å². The van der Waals surface area contributed by atoms with Gasteiger partial charge < -0.3 is 14.8 Å². The average molecular weight is 477 g/mol. The van der Waals surface area contributed by atoms with Crippen LogP contribution in [0, 0.1) is 32.0 Å². The summed E-state index contributed by atoms with van der Waals surface area (Å²) in [6.07, 6.45) is 3.37. The summed E-state index contributed by atoms with van der Waals surface area (Å²) in [5.74, 6) is 0.775. The van der Waals surface area contributed by atoms with E-state index in [-0.39, 0.29) is 5.82 Å². The summed E-state index contributed by atoms with van der Waals surface area (Å²) < 4.78 is 16.5. The van der Waals surface area contributed by atoms with Gasteiger partial charge in [0.15, 0.2) is 0 Å². The average Bonchev–Trinajstić information content (AvgIpc) is 3.08. The molecule has 8 heteroatoms. The summed E-state index contributed by atoms with van der Waals surface area (Å²) in [6.45, 7) is 10.2. The van der Waals surface area contributed by atoms with Gasteiger partial charge in [-0.3, -0.25) is 0 Å². The molecule has 6 rings (SSSR count). The number of fused-ring (bicyclic) bond motifs is 1. The van der Waals surface area contributed by atoms with E-state index in [4.69, 9.17) is 16.6 Å². The van der Waals surface area contributed by atoms with Crippen LogP contribution < -0.4 is 10.2 Å². The second-order valence-corrected chi connectivity index (χ2v) is 10.3. The molecule has 4 aromatic rings. The first-order chi connectivity index (χ1) is 16.3. The number of rotatable bonds is 4. The number of aryl methyl sites for hydroxylation is 3. The summed E-state index contributed by atoms with van der Waals surface area (Å²) in [6, 6.07) is 7.76. The highest BCUT2D eigenvalue weighted by Gasteiger charge is 2.49. The maximum absolute atomic E-state index is 14.3. The van der Waals surface area contributed by atoms with Crippen molar-refractivity contribution < 1.29 is 4.39 Å². The lowest BCUT2D eigenvalue weighted by atomic mass is 9.75. The van der Waals surface area contributed by atoms with E-state index in [0.717, 1.165) is 65.5 Å². The molecule has 6 nitrogen and oxygen atoms in total. The number of hydrogen-bond donors (Lipinski definition) is 1. The van der Waals surface area contributed by atoms with Crippen LogP contribution in [0.4, 0.5) is 10.3 Å².